The van der Waals surface area contributed by atoms with Gasteiger partial charge >= 0.3 is 0 Å². The zero-order chi connectivity index (χ0) is 16.0. The Morgan fingerprint density at radius 1 is 1.26 bits per heavy atom. The SMILES string of the molecule is Cc1ccnc(-c2cc3cnc(NC(=O)C4CC4)cc3n2C)c1. The summed E-state index contributed by atoms with van der Waals surface area (Å²) in [5, 5.41) is 3.94. The first-order chi connectivity index (χ1) is 11.1. The number of hydrogen-bond acceptors (Lipinski definition) is 3. The van der Waals surface area contributed by atoms with E-state index in [2.05, 4.69) is 38.9 Å². The molecule has 0 spiro atoms. The maximum Gasteiger partial charge on any atom is 0.228 e. The molecule has 0 aromatic carbocycles. The number of hydrogen-bond donors (Lipinski definition) is 1. The summed E-state index contributed by atoms with van der Waals surface area (Å²) >= 11 is 0. The fraction of sp³-hybridized carbons (Fsp3) is 0.278. The Bertz CT molecular complexity index is 909. The smallest absolute Gasteiger partial charge is 0.228 e. The van der Waals surface area contributed by atoms with Crippen LogP contribution < -0.4 is 5.32 Å². The van der Waals surface area contributed by atoms with Gasteiger partial charge < -0.3 is 9.88 Å². The number of carbonyl (C=O) groups excluding carboxylic acids is 1. The zero-order valence-electron chi connectivity index (χ0n) is 13.2. The van der Waals surface area contributed by atoms with Gasteiger partial charge in [0.05, 0.1) is 16.9 Å². The van der Waals surface area contributed by atoms with Gasteiger partial charge in [-0.25, -0.2) is 4.98 Å². The van der Waals surface area contributed by atoms with Gasteiger partial charge in [0.15, 0.2) is 0 Å². The van der Waals surface area contributed by atoms with Gasteiger partial charge in [0, 0.05) is 36.8 Å². The van der Waals surface area contributed by atoms with Gasteiger partial charge in [0.1, 0.15) is 5.82 Å². The highest BCUT2D eigenvalue weighted by Crippen LogP contribution is 2.31. The topological polar surface area (TPSA) is 59.8 Å². The minimum atomic E-state index is 0.0756. The molecule has 5 nitrogen and oxygen atoms in total. The van der Waals surface area contributed by atoms with Crippen molar-refractivity contribution in [1.29, 1.82) is 0 Å². The van der Waals surface area contributed by atoms with Crippen LogP contribution in [0.1, 0.15) is 18.4 Å². The number of nitrogens with zero attached hydrogens (tertiary/aromatic N) is 3. The molecule has 3 aromatic rings. The van der Waals surface area contributed by atoms with Crippen LogP contribution in [0.2, 0.25) is 0 Å². The predicted octanol–water partition coefficient (Wildman–Crippen LogP) is 3.29. The lowest BCUT2D eigenvalue weighted by Crippen LogP contribution is -2.14. The lowest BCUT2D eigenvalue weighted by atomic mass is 10.2. The van der Waals surface area contributed by atoms with Crippen molar-refractivity contribution in [2.45, 2.75) is 19.8 Å². The highest BCUT2D eigenvalue weighted by molar-refractivity contribution is 5.95. The Morgan fingerprint density at radius 2 is 2.09 bits per heavy atom. The maximum atomic E-state index is 11.9. The number of aryl methyl sites for hydroxylation is 2. The molecule has 1 N–H and O–H groups in total. The first-order valence-corrected chi connectivity index (χ1v) is 7.81. The molecule has 23 heavy (non-hydrogen) atoms. The normalized spacial score (nSPS) is 14.2. The van der Waals surface area contributed by atoms with E-state index in [1.165, 1.54) is 5.56 Å². The van der Waals surface area contributed by atoms with Crippen LogP contribution >= 0.6 is 0 Å². The summed E-state index contributed by atoms with van der Waals surface area (Å²) in [5.74, 6) is 0.860. The molecule has 1 fully saturated rings. The van der Waals surface area contributed by atoms with E-state index in [9.17, 15) is 4.79 Å². The van der Waals surface area contributed by atoms with Crippen LogP contribution in [0.25, 0.3) is 22.3 Å². The molecule has 0 saturated heterocycles. The third-order valence-electron chi connectivity index (χ3n) is 4.30. The molecular formula is C18H18N4O. The molecule has 3 aromatic heterocycles. The van der Waals surface area contributed by atoms with Crippen molar-refractivity contribution in [2.75, 3.05) is 5.32 Å². The quantitative estimate of drug-likeness (QED) is 0.807. The molecule has 1 aliphatic carbocycles. The molecule has 0 unspecified atom stereocenters. The summed E-state index contributed by atoms with van der Waals surface area (Å²) in [6.07, 6.45) is 5.60. The van der Waals surface area contributed by atoms with Crippen LogP contribution in [-0.2, 0) is 11.8 Å². The second kappa shape index (κ2) is 5.19. The van der Waals surface area contributed by atoms with E-state index in [0.29, 0.717) is 5.82 Å². The fourth-order valence-corrected chi connectivity index (χ4v) is 2.80. The Balaban J connectivity index is 1.74. The number of rotatable bonds is 3. The Kier molecular flexibility index (Phi) is 3.15. The summed E-state index contributed by atoms with van der Waals surface area (Å²) in [4.78, 5) is 20.7. The number of nitrogens with one attached hydrogen (secondary N) is 1. The monoisotopic (exact) mass is 306 g/mol. The molecule has 4 rings (SSSR count). The van der Waals surface area contributed by atoms with Crippen molar-refractivity contribution < 1.29 is 4.79 Å². The molecule has 0 atom stereocenters. The van der Waals surface area contributed by atoms with E-state index in [1.807, 2.05) is 25.4 Å². The average molecular weight is 306 g/mol. The first kappa shape index (κ1) is 13.9. The van der Waals surface area contributed by atoms with Crippen molar-refractivity contribution >= 4 is 22.6 Å². The molecule has 0 aliphatic heterocycles. The van der Waals surface area contributed by atoms with Crippen molar-refractivity contribution in [3.05, 3.63) is 42.2 Å². The van der Waals surface area contributed by atoms with E-state index in [-0.39, 0.29) is 11.8 Å². The molecule has 1 saturated carbocycles. The van der Waals surface area contributed by atoms with Crippen LogP contribution in [0, 0.1) is 12.8 Å². The lowest BCUT2D eigenvalue weighted by Gasteiger charge is -2.06. The van der Waals surface area contributed by atoms with Gasteiger partial charge in [-0.2, -0.15) is 0 Å². The van der Waals surface area contributed by atoms with Crippen molar-refractivity contribution in [2.24, 2.45) is 13.0 Å². The Morgan fingerprint density at radius 3 is 2.83 bits per heavy atom. The molecule has 1 amide bonds. The second-order valence-corrected chi connectivity index (χ2v) is 6.20. The third-order valence-corrected chi connectivity index (χ3v) is 4.30. The van der Waals surface area contributed by atoms with Gasteiger partial charge in [-0.1, -0.05) is 0 Å². The molecule has 3 heterocycles. The van der Waals surface area contributed by atoms with E-state index in [4.69, 9.17) is 0 Å². The van der Waals surface area contributed by atoms with E-state index < -0.39 is 0 Å². The number of fused-ring (bicyclic) bond motifs is 1. The summed E-state index contributed by atoms with van der Waals surface area (Å²) < 4.78 is 2.09. The standard InChI is InChI=1S/C18H18N4O/c1-11-5-6-19-14(7-11)16-8-13-10-20-17(9-15(13)22(16)2)21-18(23)12-3-4-12/h5-10,12H,3-4H2,1-2H3,(H,20,21,23). The number of anilines is 1. The first-order valence-electron chi connectivity index (χ1n) is 7.81. The van der Waals surface area contributed by atoms with Crippen molar-refractivity contribution in [3.8, 4) is 11.4 Å². The molecular weight excluding hydrogens is 288 g/mol. The van der Waals surface area contributed by atoms with Crippen LogP contribution in [0.15, 0.2) is 36.7 Å². The van der Waals surface area contributed by atoms with E-state index in [0.717, 1.165) is 35.1 Å². The summed E-state index contributed by atoms with van der Waals surface area (Å²) in [6.45, 7) is 2.06. The van der Waals surface area contributed by atoms with Gasteiger partial charge in [-0.15, -0.1) is 0 Å². The Hall–Kier alpha value is -2.69. The fourth-order valence-electron chi connectivity index (χ4n) is 2.80. The maximum absolute atomic E-state index is 11.9. The van der Waals surface area contributed by atoms with Gasteiger partial charge in [0.25, 0.3) is 0 Å². The molecule has 1 aliphatic rings. The number of amides is 1. The molecule has 116 valence electrons. The van der Waals surface area contributed by atoms with E-state index >= 15 is 0 Å². The minimum absolute atomic E-state index is 0.0756. The van der Waals surface area contributed by atoms with Crippen molar-refractivity contribution in [1.82, 2.24) is 14.5 Å². The lowest BCUT2D eigenvalue weighted by molar-refractivity contribution is -0.117. The summed E-state index contributed by atoms with van der Waals surface area (Å²) in [7, 11) is 2.01. The van der Waals surface area contributed by atoms with Gasteiger partial charge in [-0.05, 0) is 43.5 Å². The largest absolute Gasteiger partial charge is 0.342 e. The average Bonchev–Trinajstić information content (AvgIpc) is 3.33. The summed E-state index contributed by atoms with van der Waals surface area (Å²) in [6, 6.07) is 8.06. The number of pyridine rings is 2. The highest BCUT2D eigenvalue weighted by Gasteiger charge is 2.29. The number of carbonyl (C=O) groups is 1. The molecule has 0 bridgehead atoms. The highest BCUT2D eigenvalue weighted by atomic mass is 16.2. The minimum Gasteiger partial charge on any atom is -0.342 e. The van der Waals surface area contributed by atoms with Crippen LogP contribution in [0.3, 0.4) is 0 Å². The van der Waals surface area contributed by atoms with Gasteiger partial charge in [-0.3, -0.25) is 9.78 Å². The third kappa shape index (κ3) is 2.59. The number of aromatic nitrogens is 3. The molecule has 0 radical (unpaired) electrons. The summed E-state index contributed by atoms with van der Waals surface area (Å²) in [5.41, 5.74) is 4.18. The molecule has 5 heteroatoms. The van der Waals surface area contributed by atoms with Crippen LogP contribution in [-0.4, -0.2) is 20.4 Å². The predicted molar refractivity (Wildman–Crippen MR) is 90.0 cm³/mol. The van der Waals surface area contributed by atoms with Gasteiger partial charge in [0.2, 0.25) is 5.91 Å². The van der Waals surface area contributed by atoms with Crippen molar-refractivity contribution in [3.63, 3.8) is 0 Å². The Labute approximate surface area is 134 Å². The van der Waals surface area contributed by atoms with Crippen LogP contribution in [0.4, 0.5) is 5.82 Å². The van der Waals surface area contributed by atoms with Crippen LogP contribution in [0.5, 0.6) is 0 Å². The second-order valence-electron chi connectivity index (χ2n) is 6.20. The zero-order valence-corrected chi connectivity index (χ0v) is 13.2. The van der Waals surface area contributed by atoms with E-state index in [1.54, 1.807) is 6.20 Å².